The molecule has 8 heavy (non-hydrogen) atoms. The SMILES string of the molecule is CSc1snnc1I. The molecule has 0 saturated carbocycles. The fourth-order valence-corrected chi connectivity index (χ4v) is 2.42. The van der Waals surface area contributed by atoms with Crippen LogP contribution in [-0.4, -0.2) is 15.8 Å². The zero-order valence-corrected chi connectivity index (χ0v) is 7.88. The largest absolute Gasteiger partial charge is 0.150 e. The van der Waals surface area contributed by atoms with Gasteiger partial charge in [0.1, 0.15) is 7.91 Å². The van der Waals surface area contributed by atoms with E-state index in [1.807, 2.05) is 6.26 Å². The molecule has 0 aliphatic heterocycles. The van der Waals surface area contributed by atoms with Crippen LogP contribution in [0.15, 0.2) is 4.21 Å². The van der Waals surface area contributed by atoms with Crippen LogP contribution in [-0.2, 0) is 0 Å². The Bertz CT molecular complexity index is 176. The van der Waals surface area contributed by atoms with E-state index in [9.17, 15) is 0 Å². The van der Waals surface area contributed by atoms with Crippen LogP contribution in [0, 0.1) is 3.70 Å². The molecule has 0 fully saturated rings. The molecule has 0 radical (unpaired) electrons. The first kappa shape index (κ1) is 6.76. The van der Waals surface area contributed by atoms with Gasteiger partial charge in [0.05, 0.1) is 0 Å². The third-order valence-electron chi connectivity index (χ3n) is 0.606. The smallest absolute Gasteiger partial charge is 0.131 e. The number of hydrogen-bond acceptors (Lipinski definition) is 4. The Morgan fingerprint density at radius 2 is 2.50 bits per heavy atom. The van der Waals surface area contributed by atoms with Gasteiger partial charge < -0.3 is 0 Å². The minimum atomic E-state index is 1.01. The summed E-state index contributed by atoms with van der Waals surface area (Å²) < 4.78 is 5.97. The average Bonchev–Trinajstić information content (AvgIpc) is 2.14. The maximum Gasteiger partial charge on any atom is 0.150 e. The lowest BCUT2D eigenvalue weighted by molar-refractivity contribution is 1.11. The molecule has 2 nitrogen and oxygen atoms in total. The number of hydrogen-bond donors (Lipinski definition) is 0. The highest BCUT2D eigenvalue weighted by molar-refractivity contribution is 14.1. The van der Waals surface area contributed by atoms with E-state index in [0.29, 0.717) is 0 Å². The second-order valence-corrected chi connectivity index (χ2v) is 3.91. The van der Waals surface area contributed by atoms with Gasteiger partial charge in [0.25, 0.3) is 0 Å². The van der Waals surface area contributed by atoms with E-state index in [1.165, 1.54) is 15.7 Å². The summed E-state index contributed by atoms with van der Waals surface area (Å²) in [4.78, 5) is 0. The van der Waals surface area contributed by atoms with Crippen LogP contribution in [0.4, 0.5) is 0 Å². The Kier molecular flexibility index (Phi) is 2.51. The quantitative estimate of drug-likeness (QED) is 0.568. The van der Waals surface area contributed by atoms with E-state index in [0.717, 1.165) is 3.70 Å². The lowest BCUT2D eigenvalue weighted by Gasteiger charge is -1.81. The molecule has 0 N–H and O–H groups in total. The Morgan fingerprint density at radius 1 is 1.75 bits per heavy atom. The fourth-order valence-electron chi connectivity index (χ4n) is 0.293. The van der Waals surface area contributed by atoms with E-state index in [2.05, 4.69) is 32.2 Å². The van der Waals surface area contributed by atoms with Crippen LogP contribution in [0.5, 0.6) is 0 Å². The normalized spacial score (nSPS) is 9.75. The van der Waals surface area contributed by atoms with Crippen LogP contribution in [0.25, 0.3) is 0 Å². The van der Waals surface area contributed by atoms with Crippen molar-refractivity contribution >= 4 is 45.9 Å². The minimum Gasteiger partial charge on any atom is -0.131 e. The van der Waals surface area contributed by atoms with E-state index < -0.39 is 0 Å². The molecule has 0 aromatic carbocycles. The molecule has 1 heterocycles. The fraction of sp³-hybridized carbons (Fsp3) is 0.333. The van der Waals surface area contributed by atoms with Crippen LogP contribution in [0.1, 0.15) is 0 Å². The molecule has 0 bridgehead atoms. The van der Waals surface area contributed by atoms with Crippen molar-refractivity contribution < 1.29 is 0 Å². The van der Waals surface area contributed by atoms with Crippen molar-refractivity contribution in [3.05, 3.63) is 3.70 Å². The van der Waals surface area contributed by atoms with Crippen LogP contribution < -0.4 is 0 Å². The second kappa shape index (κ2) is 2.98. The molecule has 0 amide bonds. The van der Waals surface area contributed by atoms with Crippen molar-refractivity contribution in [3.8, 4) is 0 Å². The molecule has 0 aliphatic rings. The monoisotopic (exact) mass is 258 g/mol. The van der Waals surface area contributed by atoms with Gasteiger partial charge in [-0.05, 0) is 40.4 Å². The Hall–Kier alpha value is 0.640. The summed E-state index contributed by atoms with van der Waals surface area (Å²) in [6.07, 6.45) is 2.03. The summed E-state index contributed by atoms with van der Waals surface area (Å²) in [5.74, 6) is 0. The van der Waals surface area contributed by atoms with Gasteiger partial charge in [0.15, 0.2) is 0 Å². The van der Waals surface area contributed by atoms with E-state index in [-0.39, 0.29) is 0 Å². The highest BCUT2D eigenvalue weighted by Crippen LogP contribution is 2.22. The van der Waals surface area contributed by atoms with Gasteiger partial charge in [-0.15, -0.1) is 16.9 Å². The first-order valence-electron chi connectivity index (χ1n) is 1.86. The van der Waals surface area contributed by atoms with Crippen LogP contribution in [0.3, 0.4) is 0 Å². The number of rotatable bonds is 1. The first-order valence-corrected chi connectivity index (χ1v) is 4.94. The molecule has 44 valence electrons. The van der Waals surface area contributed by atoms with Gasteiger partial charge in [0.2, 0.25) is 0 Å². The Balaban J connectivity index is 2.92. The summed E-state index contributed by atoms with van der Waals surface area (Å²) in [6, 6.07) is 0. The maximum atomic E-state index is 3.82. The highest BCUT2D eigenvalue weighted by Gasteiger charge is 1.99. The predicted molar refractivity (Wildman–Crippen MR) is 44.4 cm³/mol. The third-order valence-corrected chi connectivity index (χ3v) is 3.90. The average molecular weight is 258 g/mol. The number of aromatic nitrogens is 2. The summed E-state index contributed by atoms with van der Waals surface area (Å²) in [7, 11) is 0. The molecule has 0 atom stereocenters. The van der Waals surface area contributed by atoms with E-state index >= 15 is 0 Å². The van der Waals surface area contributed by atoms with Gasteiger partial charge in [-0.2, -0.15) is 0 Å². The van der Waals surface area contributed by atoms with Crippen LogP contribution >= 0.6 is 45.9 Å². The van der Waals surface area contributed by atoms with Crippen molar-refractivity contribution in [2.75, 3.05) is 6.26 Å². The summed E-state index contributed by atoms with van der Waals surface area (Å²) in [5, 5.41) is 3.82. The maximum absolute atomic E-state index is 3.82. The summed E-state index contributed by atoms with van der Waals surface area (Å²) >= 11 is 5.30. The van der Waals surface area contributed by atoms with Gasteiger partial charge in [0, 0.05) is 0 Å². The Labute approximate surface area is 69.4 Å². The minimum absolute atomic E-state index is 1.01. The summed E-state index contributed by atoms with van der Waals surface area (Å²) in [6.45, 7) is 0. The van der Waals surface area contributed by atoms with Gasteiger partial charge in [-0.1, -0.05) is 4.49 Å². The van der Waals surface area contributed by atoms with Crippen molar-refractivity contribution in [3.63, 3.8) is 0 Å². The van der Waals surface area contributed by atoms with Crippen LogP contribution in [0.2, 0.25) is 0 Å². The van der Waals surface area contributed by atoms with Gasteiger partial charge in [-0.25, -0.2) is 0 Å². The molecule has 1 rings (SSSR count). The molecule has 0 aliphatic carbocycles. The van der Waals surface area contributed by atoms with Crippen molar-refractivity contribution in [1.29, 1.82) is 0 Å². The zero-order valence-electron chi connectivity index (χ0n) is 4.09. The van der Waals surface area contributed by atoms with Crippen molar-refractivity contribution in [1.82, 2.24) is 9.59 Å². The topological polar surface area (TPSA) is 25.8 Å². The van der Waals surface area contributed by atoms with E-state index in [1.54, 1.807) is 11.8 Å². The lowest BCUT2D eigenvalue weighted by atomic mass is 11.0. The van der Waals surface area contributed by atoms with Crippen molar-refractivity contribution in [2.24, 2.45) is 0 Å². The molecule has 1 aromatic heterocycles. The second-order valence-electron chi connectivity index (χ2n) is 1.06. The van der Waals surface area contributed by atoms with Crippen molar-refractivity contribution in [2.45, 2.75) is 4.21 Å². The summed E-state index contributed by atoms with van der Waals surface area (Å²) in [5.41, 5.74) is 0. The number of halogens is 1. The third kappa shape index (κ3) is 1.32. The molecule has 0 unspecified atom stereocenters. The van der Waals surface area contributed by atoms with E-state index in [4.69, 9.17) is 0 Å². The first-order chi connectivity index (χ1) is 3.84. The molecule has 0 saturated heterocycles. The molecule has 5 heteroatoms. The highest BCUT2D eigenvalue weighted by atomic mass is 127. The Morgan fingerprint density at radius 3 is 2.75 bits per heavy atom. The molecule has 0 spiro atoms. The standard InChI is InChI=1S/C3H3IN2S2/c1-7-3-2(4)5-6-8-3/h1H3. The molecule has 1 aromatic rings. The molecular weight excluding hydrogens is 255 g/mol. The lowest BCUT2D eigenvalue weighted by Crippen LogP contribution is -1.68. The molecular formula is C3H3IN2S2. The predicted octanol–water partition coefficient (Wildman–Crippen LogP) is 1.86. The number of thioether (sulfide) groups is 1. The number of nitrogens with zero attached hydrogens (tertiary/aromatic N) is 2. The zero-order chi connectivity index (χ0) is 5.98. The van der Waals surface area contributed by atoms with Gasteiger partial charge >= 0.3 is 0 Å². The van der Waals surface area contributed by atoms with Gasteiger partial charge in [-0.3, -0.25) is 0 Å².